The summed E-state index contributed by atoms with van der Waals surface area (Å²) in [4.78, 5) is 23.3. The number of hydrogen-bond donors (Lipinski definition) is 3. The Morgan fingerprint density at radius 2 is 1.69 bits per heavy atom. The largest absolute Gasteiger partial charge is 0.494 e. The molecule has 0 unspecified atom stereocenters. The van der Waals surface area contributed by atoms with Gasteiger partial charge in [-0.25, -0.2) is 0 Å². The van der Waals surface area contributed by atoms with Gasteiger partial charge >= 0.3 is 0 Å². The maximum absolute atomic E-state index is 12.4. The van der Waals surface area contributed by atoms with E-state index < -0.39 is 0 Å². The van der Waals surface area contributed by atoms with Crippen LogP contribution in [-0.2, 0) is 4.79 Å². The van der Waals surface area contributed by atoms with E-state index in [0.29, 0.717) is 29.3 Å². The Balaban J connectivity index is 1.97. The number of amides is 2. The summed E-state index contributed by atoms with van der Waals surface area (Å²) < 4.78 is 5.55. The molecule has 0 aliphatic rings. The molecule has 0 atom stereocenters. The normalized spacial score (nSPS) is 9.92. The summed E-state index contributed by atoms with van der Waals surface area (Å²) in [7, 11) is 0. The SMILES string of the molecule is CCCOc1cccc(C(=O)Nc2ccc(NC(=S)NC(C)=O)cc2)c1. The molecule has 0 fully saturated rings. The van der Waals surface area contributed by atoms with Crippen molar-refractivity contribution in [1.29, 1.82) is 0 Å². The predicted octanol–water partition coefficient (Wildman–Crippen LogP) is 3.56. The van der Waals surface area contributed by atoms with Gasteiger partial charge in [-0.3, -0.25) is 9.59 Å². The number of rotatable bonds is 6. The van der Waals surface area contributed by atoms with Crippen molar-refractivity contribution in [3.63, 3.8) is 0 Å². The minimum Gasteiger partial charge on any atom is -0.494 e. The van der Waals surface area contributed by atoms with Crippen LogP contribution in [0.4, 0.5) is 11.4 Å². The fraction of sp³-hybridized carbons (Fsp3) is 0.211. The van der Waals surface area contributed by atoms with Crippen LogP contribution < -0.4 is 20.7 Å². The van der Waals surface area contributed by atoms with Crippen molar-refractivity contribution < 1.29 is 14.3 Å². The highest BCUT2D eigenvalue weighted by molar-refractivity contribution is 7.80. The van der Waals surface area contributed by atoms with Gasteiger partial charge in [0.15, 0.2) is 5.11 Å². The fourth-order valence-corrected chi connectivity index (χ4v) is 2.37. The van der Waals surface area contributed by atoms with Crippen LogP contribution in [0.5, 0.6) is 5.75 Å². The van der Waals surface area contributed by atoms with Crippen molar-refractivity contribution >= 4 is 40.5 Å². The Morgan fingerprint density at radius 3 is 2.31 bits per heavy atom. The highest BCUT2D eigenvalue weighted by atomic mass is 32.1. The van der Waals surface area contributed by atoms with Crippen LogP contribution in [-0.4, -0.2) is 23.5 Å². The Labute approximate surface area is 157 Å². The average molecular weight is 371 g/mol. The molecule has 26 heavy (non-hydrogen) atoms. The van der Waals surface area contributed by atoms with Crippen LogP contribution in [0.15, 0.2) is 48.5 Å². The molecule has 2 amide bonds. The molecule has 0 radical (unpaired) electrons. The predicted molar refractivity (Wildman–Crippen MR) is 107 cm³/mol. The molecule has 0 spiro atoms. The second-order valence-corrected chi connectivity index (χ2v) is 5.95. The summed E-state index contributed by atoms with van der Waals surface area (Å²) in [5.74, 6) is 0.212. The molecule has 0 bridgehead atoms. The summed E-state index contributed by atoms with van der Waals surface area (Å²) in [6.45, 7) is 4.02. The maximum Gasteiger partial charge on any atom is 0.255 e. The Kier molecular flexibility index (Phi) is 7.11. The minimum absolute atomic E-state index is 0.221. The second-order valence-electron chi connectivity index (χ2n) is 5.54. The lowest BCUT2D eigenvalue weighted by Crippen LogP contribution is -2.32. The lowest BCUT2D eigenvalue weighted by atomic mass is 10.2. The Hall–Kier alpha value is -2.93. The van der Waals surface area contributed by atoms with E-state index in [4.69, 9.17) is 17.0 Å². The molecular formula is C19H21N3O3S. The highest BCUT2D eigenvalue weighted by Crippen LogP contribution is 2.17. The van der Waals surface area contributed by atoms with Gasteiger partial charge in [-0.15, -0.1) is 0 Å². The van der Waals surface area contributed by atoms with E-state index in [1.54, 1.807) is 42.5 Å². The molecule has 0 aromatic heterocycles. The van der Waals surface area contributed by atoms with Gasteiger partial charge < -0.3 is 20.7 Å². The molecular weight excluding hydrogens is 350 g/mol. The Morgan fingerprint density at radius 1 is 1.04 bits per heavy atom. The smallest absolute Gasteiger partial charge is 0.255 e. The summed E-state index contributed by atoms with van der Waals surface area (Å²) in [6, 6.07) is 14.1. The summed E-state index contributed by atoms with van der Waals surface area (Å²) in [5, 5.41) is 8.41. The van der Waals surface area contributed by atoms with Crippen LogP contribution in [0.3, 0.4) is 0 Å². The van der Waals surface area contributed by atoms with Gasteiger partial charge in [0.05, 0.1) is 6.61 Å². The number of carbonyl (C=O) groups is 2. The van der Waals surface area contributed by atoms with Crippen molar-refractivity contribution in [3.8, 4) is 5.75 Å². The van der Waals surface area contributed by atoms with Gasteiger partial charge in [-0.1, -0.05) is 13.0 Å². The summed E-state index contributed by atoms with van der Waals surface area (Å²) >= 11 is 5.00. The van der Waals surface area contributed by atoms with Crippen LogP contribution in [0.25, 0.3) is 0 Å². The first-order valence-electron chi connectivity index (χ1n) is 8.21. The first-order chi connectivity index (χ1) is 12.5. The number of carbonyl (C=O) groups excluding carboxylic acids is 2. The maximum atomic E-state index is 12.4. The van der Waals surface area contributed by atoms with Crippen molar-refractivity contribution in [2.24, 2.45) is 0 Å². The standard InChI is InChI=1S/C19H21N3O3S/c1-3-11-25-17-6-4-5-14(12-17)18(24)21-15-7-9-16(10-8-15)22-19(26)20-13(2)23/h4-10,12H,3,11H2,1-2H3,(H,21,24)(H2,20,22,23,26). The van der Waals surface area contributed by atoms with Crippen molar-refractivity contribution in [1.82, 2.24) is 5.32 Å². The van der Waals surface area contributed by atoms with E-state index in [2.05, 4.69) is 16.0 Å². The number of thiocarbonyl (C=S) groups is 1. The molecule has 0 saturated carbocycles. The molecule has 0 aliphatic carbocycles. The summed E-state index contributed by atoms with van der Waals surface area (Å²) in [6.07, 6.45) is 0.905. The number of anilines is 2. The molecule has 0 saturated heterocycles. The van der Waals surface area contributed by atoms with Gasteiger partial charge in [0.2, 0.25) is 5.91 Å². The van der Waals surface area contributed by atoms with Crippen LogP contribution >= 0.6 is 12.2 Å². The molecule has 7 heteroatoms. The fourth-order valence-electron chi connectivity index (χ4n) is 2.11. The third kappa shape index (κ3) is 6.18. The molecule has 0 heterocycles. The zero-order valence-electron chi connectivity index (χ0n) is 14.7. The lowest BCUT2D eigenvalue weighted by molar-refractivity contribution is -0.117. The number of nitrogens with one attached hydrogen (secondary N) is 3. The van der Waals surface area contributed by atoms with Gasteiger partial charge in [0.25, 0.3) is 5.91 Å². The highest BCUT2D eigenvalue weighted by Gasteiger charge is 2.08. The molecule has 2 aromatic carbocycles. The van der Waals surface area contributed by atoms with Gasteiger partial charge in [-0.05, 0) is 61.1 Å². The van der Waals surface area contributed by atoms with Crippen molar-refractivity contribution in [2.75, 3.05) is 17.2 Å². The van der Waals surface area contributed by atoms with Gasteiger partial charge in [0.1, 0.15) is 5.75 Å². The molecule has 2 rings (SSSR count). The van der Waals surface area contributed by atoms with Crippen LogP contribution in [0.2, 0.25) is 0 Å². The van der Waals surface area contributed by atoms with E-state index in [9.17, 15) is 9.59 Å². The summed E-state index contributed by atoms with van der Waals surface area (Å²) in [5.41, 5.74) is 1.87. The topological polar surface area (TPSA) is 79.5 Å². The molecule has 3 N–H and O–H groups in total. The number of benzene rings is 2. The first kappa shape index (κ1) is 19.4. The number of hydrogen-bond acceptors (Lipinski definition) is 4. The average Bonchev–Trinajstić information content (AvgIpc) is 2.61. The quantitative estimate of drug-likeness (QED) is 0.677. The van der Waals surface area contributed by atoms with E-state index >= 15 is 0 Å². The lowest BCUT2D eigenvalue weighted by Gasteiger charge is -2.10. The molecule has 2 aromatic rings. The molecule has 6 nitrogen and oxygen atoms in total. The third-order valence-electron chi connectivity index (χ3n) is 3.26. The minimum atomic E-state index is -0.239. The number of ether oxygens (including phenoxy) is 1. The van der Waals surface area contributed by atoms with E-state index in [-0.39, 0.29) is 16.9 Å². The van der Waals surface area contributed by atoms with Crippen molar-refractivity contribution in [3.05, 3.63) is 54.1 Å². The molecule has 136 valence electrons. The van der Waals surface area contributed by atoms with Gasteiger partial charge in [-0.2, -0.15) is 0 Å². The van der Waals surface area contributed by atoms with Crippen molar-refractivity contribution in [2.45, 2.75) is 20.3 Å². The van der Waals surface area contributed by atoms with E-state index in [1.165, 1.54) is 6.92 Å². The van der Waals surface area contributed by atoms with Gasteiger partial charge in [0, 0.05) is 23.9 Å². The Bertz CT molecular complexity index is 791. The van der Waals surface area contributed by atoms with Crippen LogP contribution in [0.1, 0.15) is 30.6 Å². The second kappa shape index (κ2) is 9.53. The van der Waals surface area contributed by atoms with E-state index in [0.717, 1.165) is 6.42 Å². The zero-order valence-corrected chi connectivity index (χ0v) is 15.5. The molecule has 0 aliphatic heterocycles. The monoisotopic (exact) mass is 371 g/mol. The zero-order chi connectivity index (χ0) is 18.9. The van der Waals surface area contributed by atoms with E-state index in [1.807, 2.05) is 13.0 Å². The first-order valence-corrected chi connectivity index (χ1v) is 8.61. The third-order valence-corrected chi connectivity index (χ3v) is 3.46. The van der Waals surface area contributed by atoms with Crippen LogP contribution in [0, 0.1) is 0 Å².